The first-order valence-electron chi connectivity index (χ1n) is 1.60. The zero-order valence-electron chi connectivity index (χ0n) is 3.53. The van der Waals surface area contributed by atoms with E-state index in [9.17, 15) is 15.2 Å². The Morgan fingerprint density at radius 3 is 2.29 bits per heavy atom. The maximum atomic E-state index is 9.78. The zero-order chi connectivity index (χ0) is 5.86. The Hall–Kier alpha value is -0.900. The van der Waals surface area contributed by atoms with Crippen LogP contribution in [0.25, 0.3) is 0 Å². The van der Waals surface area contributed by atoms with Crippen molar-refractivity contribution in [1.29, 1.82) is 0 Å². The molecule has 0 rings (SSSR count). The van der Waals surface area contributed by atoms with Gasteiger partial charge in [-0.25, -0.2) is 0 Å². The Morgan fingerprint density at radius 2 is 2.29 bits per heavy atom. The molecule has 0 fully saturated rings. The highest BCUT2D eigenvalue weighted by Gasteiger charge is 2.08. The van der Waals surface area contributed by atoms with E-state index < -0.39 is 11.2 Å². The minimum atomic E-state index is -1.86. The molecule has 1 atom stereocenters. The quantitative estimate of drug-likeness (QED) is 0.216. The van der Waals surface area contributed by atoms with E-state index in [0.717, 1.165) is 6.08 Å². The third kappa shape index (κ3) is 1.88. The van der Waals surface area contributed by atoms with Crippen LogP contribution in [0.15, 0.2) is 12.7 Å². The second-order valence-electron chi connectivity index (χ2n) is 0.912. The molecule has 0 saturated heterocycles. The molecule has 39 valence electrons. The maximum absolute atomic E-state index is 9.78. The molecule has 0 spiro atoms. The molecule has 0 aliphatic heterocycles. The molecule has 0 aliphatic carbocycles. The Bertz CT molecular complexity index is 90.2. The zero-order valence-corrected chi connectivity index (χ0v) is 3.53. The lowest BCUT2D eigenvalue weighted by Crippen LogP contribution is -2.12. The van der Waals surface area contributed by atoms with E-state index in [2.05, 4.69) is 6.58 Å². The van der Waals surface area contributed by atoms with E-state index in [1.807, 2.05) is 0 Å². The average molecular weight is 102 g/mol. The highest BCUT2D eigenvalue weighted by molar-refractivity contribution is 4.67. The van der Waals surface area contributed by atoms with Gasteiger partial charge in [0.1, 0.15) is 0 Å². The SMILES string of the molecule is C=CC([O])[N+](=O)[O-]. The van der Waals surface area contributed by atoms with Crippen LogP contribution in [0.4, 0.5) is 0 Å². The van der Waals surface area contributed by atoms with Gasteiger partial charge >= 0.3 is 6.23 Å². The lowest BCUT2D eigenvalue weighted by Gasteiger charge is -1.86. The minimum Gasteiger partial charge on any atom is -0.261 e. The molecule has 0 bridgehead atoms. The van der Waals surface area contributed by atoms with Crippen LogP contribution in [0.3, 0.4) is 0 Å². The summed E-state index contributed by atoms with van der Waals surface area (Å²) in [5, 5.41) is 19.1. The van der Waals surface area contributed by atoms with Gasteiger partial charge in [0.25, 0.3) is 0 Å². The highest BCUT2D eigenvalue weighted by Crippen LogP contribution is 1.82. The lowest BCUT2D eigenvalue weighted by atomic mass is 10.6. The van der Waals surface area contributed by atoms with E-state index in [0.29, 0.717) is 0 Å². The van der Waals surface area contributed by atoms with Crippen molar-refractivity contribution in [3.05, 3.63) is 22.8 Å². The molecule has 4 nitrogen and oxygen atoms in total. The van der Waals surface area contributed by atoms with Crippen molar-refractivity contribution >= 4 is 0 Å². The summed E-state index contributed by atoms with van der Waals surface area (Å²) in [5.41, 5.74) is 0. The summed E-state index contributed by atoms with van der Waals surface area (Å²) in [6.07, 6.45) is -1.13. The van der Waals surface area contributed by atoms with Gasteiger partial charge in [0.2, 0.25) is 0 Å². The first-order chi connectivity index (χ1) is 3.18. The molecular weight excluding hydrogens is 98.0 g/mol. The third-order valence-electron chi connectivity index (χ3n) is 0.409. The van der Waals surface area contributed by atoms with E-state index in [4.69, 9.17) is 0 Å². The van der Waals surface area contributed by atoms with Crippen LogP contribution in [-0.4, -0.2) is 11.2 Å². The number of hydrogen-bond acceptors (Lipinski definition) is 2. The molecule has 0 N–H and O–H groups in total. The maximum Gasteiger partial charge on any atom is 0.361 e. The van der Waals surface area contributed by atoms with E-state index in [1.54, 1.807) is 0 Å². The summed E-state index contributed by atoms with van der Waals surface area (Å²) in [5.74, 6) is 0. The molecule has 0 aromatic carbocycles. The van der Waals surface area contributed by atoms with E-state index >= 15 is 0 Å². The van der Waals surface area contributed by atoms with Crippen LogP contribution in [0, 0.1) is 10.1 Å². The summed E-state index contributed by atoms with van der Waals surface area (Å²) < 4.78 is 0. The Morgan fingerprint density at radius 1 is 1.86 bits per heavy atom. The second kappa shape index (κ2) is 2.30. The molecule has 0 aromatic rings. The van der Waals surface area contributed by atoms with Gasteiger partial charge in [-0.3, -0.25) is 10.1 Å². The van der Waals surface area contributed by atoms with Crippen molar-refractivity contribution in [1.82, 2.24) is 0 Å². The van der Waals surface area contributed by atoms with E-state index in [-0.39, 0.29) is 0 Å². The van der Waals surface area contributed by atoms with Gasteiger partial charge in [-0.05, 0) is 0 Å². The molecular formula is C3H4NO3. The minimum absolute atomic E-state index is 0.736. The largest absolute Gasteiger partial charge is 0.361 e. The van der Waals surface area contributed by atoms with Crippen molar-refractivity contribution in [2.24, 2.45) is 0 Å². The summed E-state index contributed by atoms with van der Waals surface area (Å²) in [6.45, 7) is 2.93. The first kappa shape index (κ1) is 6.10. The van der Waals surface area contributed by atoms with Crippen LogP contribution < -0.4 is 0 Å². The molecule has 1 radical (unpaired) electrons. The summed E-state index contributed by atoms with van der Waals surface area (Å²) in [7, 11) is 0. The van der Waals surface area contributed by atoms with Gasteiger partial charge in [0.15, 0.2) is 0 Å². The van der Waals surface area contributed by atoms with Crippen molar-refractivity contribution in [3.63, 3.8) is 0 Å². The average Bonchev–Trinajstić information content (AvgIpc) is 1.65. The van der Waals surface area contributed by atoms with Crippen LogP contribution in [0.2, 0.25) is 0 Å². The second-order valence-corrected chi connectivity index (χ2v) is 0.912. The molecule has 4 heteroatoms. The summed E-state index contributed by atoms with van der Waals surface area (Å²) >= 11 is 0. The monoisotopic (exact) mass is 102 g/mol. The fourth-order valence-electron chi connectivity index (χ4n) is 0.0861. The lowest BCUT2D eigenvalue weighted by molar-refractivity contribution is -0.565. The van der Waals surface area contributed by atoms with Crippen LogP contribution in [0.5, 0.6) is 0 Å². The molecule has 0 amide bonds. The van der Waals surface area contributed by atoms with Crippen molar-refractivity contribution < 1.29 is 10.0 Å². The first-order valence-corrected chi connectivity index (χ1v) is 1.60. The molecule has 0 heterocycles. The Balaban J connectivity index is 3.55. The fraction of sp³-hybridized carbons (Fsp3) is 0.333. The van der Waals surface area contributed by atoms with Crippen molar-refractivity contribution in [2.45, 2.75) is 6.23 Å². The number of hydrogen-bond donors (Lipinski definition) is 0. The topological polar surface area (TPSA) is 63.0 Å². The highest BCUT2D eigenvalue weighted by atomic mass is 16.7. The normalized spacial score (nSPS) is 12.7. The van der Waals surface area contributed by atoms with Crippen molar-refractivity contribution in [2.75, 3.05) is 0 Å². The molecule has 1 unspecified atom stereocenters. The molecule has 0 aliphatic rings. The standard InChI is InChI=1S/C3H4NO3/c1-2-3(5)4(6)7/h2-3H,1H2. The van der Waals surface area contributed by atoms with Crippen LogP contribution in [-0.2, 0) is 5.11 Å². The van der Waals surface area contributed by atoms with Gasteiger partial charge < -0.3 is 0 Å². The van der Waals surface area contributed by atoms with Crippen LogP contribution in [0.1, 0.15) is 0 Å². The van der Waals surface area contributed by atoms with Gasteiger partial charge in [-0.1, -0.05) is 6.58 Å². The molecule has 0 saturated carbocycles. The van der Waals surface area contributed by atoms with Gasteiger partial charge in [-0.15, -0.1) is 5.11 Å². The van der Waals surface area contributed by atoms with Crippen LogP contribution >= 0.6 is 0 Å². The van der Waals surface area contributed by atoms with Gasteiger partial charge in [0, 0.05) is 6.08 Å². The predicted octanol–water partition coefficient (Wildman–Crippen LogP) is 0.206. The number of nitrogens with zero attached hydrogens (tertiary/aromatic N) is 1. The predicted molar refractivity (Wildman–Crippen MR) is 21.7 cm³/mol. The fourth-order valence-corrected chi connectivity index (χ4v) is 0.0861. The number of nitro groups is 1. The van der Waals surface area contributed by atoms with E-state index in [1.165, 1.54) is 0 Å². The number of rotatable bonds is 2. The molecule has 7 heavy (non-hydrogen) atoms. The Kier molecular flexibility index (Phi) is 2.01. The Labute approximate surface area is 40.2 Å². The van der Waals surface area contributed by atoms with Gasteiger partial charge in [0.05, 0.1) is 4.92 Å². The van der Waals surface area contributed by atoms with Gasteiger partial charge in [-0.2, -0.15) is 0 Å². The smallest absolute Gasteiger partial charge is 0.261 e. The summed E-state index contributed by atoms with van der Waals surface area (Å²) in [6, 6.07) is 0. The summed E-state index contributed by atoms with van der Waals surface area (Å²) in [4.78, 5) is 8.40. The third-order valence-corrected chi connectivity index (χ3v) is 0.409. The molecule has 0 aromatic heterocycles. The van der Waals surface area contributed by atoms with Crippen molar-refractivity contribution in [3.8, 4) is 0 Å².